The molecule has 5 nitrogen and oxygen atoms in total. The van der Waals surface area contributed by atoms with Crippen molar-refractivity contribution in [2.24, 2.45) is 0 Å². The molecule has 0 aliphatic carbocycles. The summed E-state index contributed by atoms with van der Waals surface area (Å²) in [4.78, 5) is 2.39. The van der Waals surface area contributed by atoms with E-state index in [2.05, 4.69) is 48.4 Å². The molecule has 1 aromatic heterocycles. The van der Waals surface area contributed by atoms with Crippen molar-refractivity contribution in [2.45, 2.75) is 33.9 Å². The van der Waals surface area contributed by atoms with Crippen LogP contribution in [-0.4, -0.2) is 40.3 Å². The number of imidazole rings is 1. The molecule has 1 N–H and O–H groups in total. The Labute approximate surface area is 161 Å². The van der Waals surface area contributed by atoms with Crippen LogP contribution in [0.2, 0.25) is 0 Å². The average Bonchev–Trinajstić information content (AvgIpc) is 2.94. The summed E-state index contributed by atoms with van der Waals surface area (Å²) in [6.45, 7) is 11.5. The molecule has 27 heavy (non-hydrogen) atoms. The molecular formula is C22H30N4O. The monoisotopic (exact) mass is 366 g/mol. The molecule has 3 rings (SSSR count). The molecule has 0 atom stereocenters. The van der Waals surface area contributed by atoms with Gasteiger partial charge in [-0.2, -0.15) is 0 Å². The third-order valence-electron chi connectivity index (χ3n) is 5.08. The van der Waals surface area contributed by atoms with E-state index in [4.69, 9.17) is 10.1 Å². The molecule has 0 spiro atoms. The molecule has 3 aromatic rings. The van der Waals surface area contributed by atoms with E-state index in [1.165, 1.54) is 5.56 Å². The first-order valence-corrected chi connectivity index (χ1v) is 9.78. The van der Waals surface area contributed by atoms with Gasteiger partial charge in [-0.1, -0.05) is 38.1 Å². The number of fused-ring (bicyclic) bond motifs is 1. The van der Waals surface area contributed by atoms with Crippen molar-refractivity contribution in [3.8, 4) is 5.75 Å². The third-order valence-corrected chi connectivity index (χ3v) is 5.08. The summed E-state index contributed by atoms with van der Waals surface area (Å²) in [6.07, 6.45) is 0. The number of aromatic nitrogens is 2. The second-order valence-corrected chi connectivity index (χ2v) is 6.81. The van der Waals surface area contributed by atoms with Crippen LogP contribution in [0.15, 0.2) is 48.5 Å². The molecule has 0 aliphatic rings. The quantitative estimate of drug-likeness (QED) is 0.628. The minimum absolute atomic E-state index is 0.538. The molecule has 0 aliphatic heterocycles. The Bertz CT molecular complexity index is 937. The highest BCUT2D eigenvalue weighted by Crippen LogP contribution is 2.15. The number of hydrogen-bond acceptors (Lipinski definition) is 3. The molecular weight excluding hydrogens is 336 g/mol. The minimum atomic E-state index is 0.538. The molecule has 0 saturated carbocycles. The number of para-hydroxylation sites is 2. The molecule has 144 valence electrons. The van der Waals surface area contributed by atoms with Crippen LogP contribution in [0.4, 0.5) is 0 Å². The largest absolute Gasteiger partial charge is 0.492 e. The molecule has 0 radical (unpaired) electrons. The fraction of sp³-hybridized carbons (Fsp3) is 0.409. The lowest BCUT2D eigenvalue weighted by molar-refractivity contribution is 0.284. The third kappa shape index (κ3) is 4.42. The van der Waals surface area contributed by atoms with Crippen molar-refractivity contribution in [1.29, 1.82) is 5.41 Å². The topological polar surface area (TPSA) is 46.2 Å². The van der Waals surface area contributed by atoms with Crippen molar-refractivity contribution in [3.05, 3.63) is 59.7 Å². The van der Waals surface area contributed by atoms with Gasteiger partial charge in [-0.25, -0.2) is 0 Å². The maximum atomic E-state index is 8.70. The van der Waals surface area contributed by atoms with Crippen LogP contribution < -0.4 is 10.4 Å². The average molecular weight is 367 g/mol. The number of hydrogen-bond donors (Lipinski definition) is 1. The van der Waals surface area contributed by atoms with Crippen molar-refractivity contribution in [1.82, 2.24) is 14.0 Å². The number of rotatable bonds is 9. The molecule has 1 heterocycles. The Kier molecular flexibility index (Phi) is 6.35. The van der Waals surface area contributed by atoms with Gasteiger partial charge in [-0.05, 0) is 49.8 Å². The predicted molar refractivity (Wildman–Crippen MR) is 110 cm³/mol. The Balaban J connectivity index is 1.78. The zero-order valence-corrected chi connectivity index (χ0v) is 16.6. The standard InChI is InChI=1S/C22H30N4O/c1-4-24(5-2)13-14-25-20-11-6-7-12-21(20)26(22(25)23)15-16-27-19-10-8-9-18(3)17-19/h6-12,17,23H,4-5,13-16H2,1-3H3. The van der Waals surface area contributed by atoms with Gasteiger partial charge in [-0.3, -0.25) is 5.41 Å². The van der Waals surface area contributed by atoms with E-state index in [9.17, 15) is 0 Å². The Morgan fingerprint density at radius 3 is 2.22 bits per heavy atom. The highest BCUT2D eigenvalue weighted by molar-refractivity contribution is 5.75. The number of benzene rings is 2. The van der Waals surface area contributed by atoms with Crippen LogP contribution in [0, 0.1) is 12.3 Å². The molecule has 0 fully saturated rings. The van der Waals surface area contributed by atoms with Gasteiger partial charge in [-0.15, -0.1) is 0 Å². The fourth-order valence-electron chi connectivity index (χ4n) is 3.49. The van der Waals surface area contributed by atoms with E-state index in [-0.39, 0.29) is 0 Å². The Hall–Kier alpha value is -2.53. The van der Waals surface area contributed by atoms with E-state index in [1.54, 1.807) is 0 Å². The smallest absolute Gasteiger partial charge is 0.203 e. The number of likely N-dealkylation sites (N-methyl/N-ethyl adjacent to an activating group) is 1. The first-order chi connectivity index (χ1) is 13.1. The van der Waals surface area contributed by atoms with Crippen molar-refractivity contribution >= 4 is 11.0 Å². The Morgan fingerprint density at radius 1 is 0.926 bits per heavy atom. The van der Waals surface area contributed by atoms with Crippen molar-refractivity contribution in [3.63, 3.8) is 0 Å². The number of aryl methyl sites for hydroxylation is 1. The fourth-order valence-corrected chi connectivity index (χ4v) is 3.49. The van der Waals surface area contributed by atoms with Crippen LogP contribution in [0.3, 0.4) is 0 Å². The highest BCUT2D eigenvalue weighted by Gasteiger charge is 2.11. The highest BCUT2D eigenvalue weighted by atomic mass is 16.5. The Morgan fingerprint density at radius 2 is 1.59 bits per heavy atom. The maximum Gasteiger partial charge on any atom is 0.203 e. The van der Waals surface area contributed by atoms with Gasteiger partial charge < -0.3 is 18.8 Å². The molecule has 0 amide bonds. The number of nitrogens with zero attached hydrogens (tertiary/aromatic N) is 3. The van der Waals surface area contributed by atoms with E-state index >= 15 is 0 Å². The van der Waals surface area contributed by atoms with Crippen LogP contribution in [0.1, 0.15) is 19.4 Å². The zero-order chi connectivity index (χ0) is 19.2. The zero-order valence-electron chi connectivity index (χ0n) is 16.6. The summed E-state index contributed by atoms with van der Waals surface area (Å²) in [6, 6.07) is 16.4. The van der Waals surface area contributed by atoms with E-state index < -0.39 is 0 Å². The molecule has 0 bridgehead atoms. The second kappa shape index (κ2) is 8.91. The van der Waals surface area contributed by atoms with Gasteiger partial charge in [0.1, 0.15) is 12.4 Å². The van der Waals surface area contributed by atoms with E-state index in [0.29, 0.717) is 18.8 Å². The molecule has 5 heteroatoms. The summed E-state index contributed by atoms with van der Waals surface area (Å²) in [7, 11) is 0. The van der Waals surface area contributed by atoms with Crippen LogP contribution in [0.5, 0.6) is 5.75 Å². The van der Waals surface area contributed by atoms with Crippen molar-refractivity contribution in [2.75, 3.05) is 26.2 Å². The molecule has 2 aromatic carbocycles. The van der Waals surface area contributed by atoms with Crippen molar-refractivity contribution < 1.29 is 4.74 Å². The first kappa shape index (κ1) is 19.2. The second-order valence-electron chi connectivity index (χ2n) is 6.81. The van der Waals surface area contributed by atoms with Gasteiger partial charge in [0.25, 0.3) is 0 Å². The molecule has 0 saturated heterocycles. The summed E-state index contributed by atoms with van der Waals surface area (Å²) < 4.78 is 10.1. The lowest BCUT2D eigenvalue weighted by atomic mass is 10.2. The molecule has 0 unspecified atom stereocenters. The van der Waals surface area contributed by atoms with Crippen LogP contribution in [0.25, 0.3) is 11.0 Å². The van der Waals surface area contributed by atoms with Gasteiger partial charge >= 0.3 is 0 Å². The summed E-state index contributed by atoms with van der Waals surface area (Å²) >= 11 is 0. The SMILES string of the molecule is CCN(CC)CCn1c(=N)n(CCOc2cccc(C)c2)c2ccccc21. The van der Waals surface area contributed by atoms with Gasteiger partial charge in [0.05, 0.1) is 17.6 Å². The van der Waals surface area contributed by atoms with Crippen LogP contribution >= 0.6 is 0 Å². The van der Waals surface area contributed by atoms with Gasteiger partial charge in [0.15, 0.2) is 0 Å². The summed E-state index contributed by atoms with van der Waals surface area (Å²) in [5, 5.41) is 8.70. The van der Waals surface area contributed by atoms with Gasteiger partial charge in [0, 0.05) is 13.1 Å². The van der Waals surface area contributed by atoms with E-state index in [0.717, 1.165) is 43.0 Å². The summed E-state index contributed by atoms with van der Waals surface area (Å²) in [5.74, 6) is 0.882. The summed E-state index contributed by atoms with van der Waals surface area (Å²) in [5.41, 5.74) is 3.94. The van der Waals surface area contributed by atoms with Crippen LogP contribution in [-0.2, 0) is 13.1 Å². The lowest BCUT2D eigenvalue weighted by Crippen LogP contribution is -2.32. The lowest BCUT2D eigenvalue weighted by Gasteiger charge is -2.18. The van der Waals surface area contributed by atoms with Gasteiger partial charge in [0.2, 0.25) is 5.62 Å². The maximum absolute atomic E-state index is 8.70. The first-order valence-electron chi connectivity index (χ1n) is 9.78. The van der Waals surface area contributed by atoms with E-state index in [1.807, 2.05) is 34.9 Å². The minimum Gasteiger partial charge on any atom is -0.492 e. The predicted octanol–water partition coefficient (Wildman–Crippen LogP) is 3.65. The number of ether oxygens (including phenoxy) is 1. The number of nitrogens with one attached hydrogen (secondary N) is 1. The normalized spacial score (nSPS) is 11.4.